The van der Waals surface area contributed by atoms with Crippen molar-refractivity contribution in [2.45, 2.75) is 92.9 Å². The normalized spacial score (nSPS) is 13.5. The molecule has 0 radical (unpaired) electrons. The minimum absolute atomic E-state index is 0.149. The number of benzene rings is 9. The van der Waals surface area contributed by atoms with Gasteiger partial charge in [-0.05, 0) is 164 Å². The lowest BCUT2D eigenvalue weighted by molar-refractivity contribution is 0.475. The van der Waals surface area contributed by atoms with Crippen LogP contribution in [0.15, 0.2) is 158 Å². The largest absolute Gasteiger partial charge is 0.456 e. The topological polar surface area (TPSA) is 26.6 Å². The zero-order valence-corrected chi connectivity index (χ0v) is 43.9. The first-order chi connectivity index (χ1) is 36.1. The van der Waals surface area contributed by atoms with Gasteiger partial charge in [0.05, 0.1) is 16.9 Å². The van der Waals surface area contributed by atoms with Crippen molar-refractivity contribution in [1.29, 1.82) is 0 Å². The van der Waals surface area contributed by atoms with Gasteiger partial charge in [-0.2, -0.15) is 0 Å². The summed E-state index contributed by atoms with van der Waals surface area (Å²) >= 11 is 0. The molecule has 9 aromatic carbocycles. The molecule has 0 N–H and O–H groups in total. The minimum Gasteiger partial charge on any atom is -0.456 e. The van der Waals surface area contributed by atoms with E-state index in [4.69, 9.17) is 9.47 Å². The number of hydrogen-bond acceptors (Lipinski definition) is 3. The van der Waals surface area contributed by atoms with E-state index in [1.54, 1.807) is 0 Å². The zero-order chi connectivity index (χ0) is 50.3. The van der Waals surface area contributed by atoms with Crippen molar-refractivity contribution < 1.29 is 9.47 Å². The SMILES string of the molecule is CCc1ccc(N2c3ccc(CC)cc3B3c4cc(-c5ccc(C(C)C)cc5)ccc4Oc4c3c2c2c3c4-n4c5ccc(CC)cc5c5cc(CC)cc(c54)B3c3cc(-c4ccc(C(C)C)cc4)ccc3O2)cc1. The van der Waals surface area contributed by atoms with Crippen molar-refractivity contribution in [2.24, 2.45) is 0 Å². The van der Waals surface area contributed by atoms with Gasteiger partial charge in [-0.25, -0.2) is 0 Å². The van der Waals surface area contributed by atoms with Crippen molar-refractivity contribution >= 4 is 85.1 Å². The van der Waals surface area contributed by atoms with E-state index in [1.165, 1.54) is 105 Å². The van der Waals surface area contributed by atoms with Gasteiger partial charge in [0.2, 0.25) is 0 Å². The molecular weight excluding hydrogens is 898 g/mol. The molecule has 0 saturated heterocycles. The van der Waals surface area contributed by atoms with Crippen LogP contribution >= 0.6 is 0 Å². The molecule has 5 heterocycles. The highest BCUT2D eigenvalue weighted by Gasteiger charge is 2.51. The monoisotopic (exact) mass is 958 g/mol. The van der Waals surface area contributed by atoms with Crippen LogP contribution in [0.4, 0.5) is 17.1 Å². The highest BCUT2D eigenvalue weighted by atomic mass is 16.5. The first-order valence-electron chi connectivity index (χ1n) is 27.3. The number of aryl methyl sites for hydroxylation is 4. The maximum atomic E-state index is 7.79. The summed E-state index contributed by atoms with van der Waals surface area (Å²) in [5.74, 6) is 4.53. The molecule has 0 aliphatic carbocycles. The van der Waals surface area contributed by atoms with Crippen molar-refractivity contribution in [3.05, 3.63) is 191 Å². The third-order valence-electron chi connectivity index (χ3n) is 17.1. The maximum absolute atomic E-state index is 7.79. The molecule has 360 valence electrons. The van der Waals surface area contributed by atoms with Gasteiger partial charge in [0.1, 0.15) is 23.0 Å². The lowest BCUT2D eigenvalue weighted by Crippen LogP contribution is -2.63. The number of aromatic nitrogens is 1. The Morgan fingerprint density at radius 1 is 0.419 bits per heavy atom. The van der Waals surface area contributed by atoms with Gasteiger partial charge < -0.3 is 18.9 Å². The summed E-state index contributed by atoms with van der Waals surface area (Å²) < 4.78 is 18.2. The number of hydrogen-bond donors (Lipinski definition) is 0. The van der Waals surface area contributed by atoms with E-state index < -0.39 is 0 Å². The van der Waals surface area contributed by atoms with Crippen LogP contribution < -0.4 is 47.2 Å². The lowest BCUT2D eigenvalue weighted by atomic mass is 9.31. The molecule has 74 heavy (non-hydrogen) atoms. The minimum atomic E-state index is -0.152. The molecule has 0 bridgehead atoms. The van der Waals surface area contributed by atoms with Gasteiger partial charge in [-0.3, -0.25) is 0 Å². The van der Waals surface area contributed by atoms with Gasteiger partial charge in [-0.1, -0.05) is 165 Å². The summed E-state index contributed by atoms with van der Waals surface area (Å²) in [6.45, 7) is 17.8. The predicted octanol–water partition coefficient (Wildman–Crippen LogP) is 14.0. The first-order valence-corrected chi connectivity index (χ1v) is 27.3. The Kier molecular flexibility index (Phi) is 10.3. The van der Waals surface area contributed by atoms with Crippen LogP contribution in [0.25, 0.3) is 49.7 Å². The van der Waals surface area contributed by atoms with E-state index in [-0.39, 0.29) is 13.4 Å². The van der Waals surface area contributed by atoms with Crippen LogP contribution in [-0.4, -0.2) is 18.0 Å². The van der Waals surface area contributed by atoms with Gasteiger partial charge in [0.25, 0.3) is 13.4 Å². The zero-order valence-electron chi connectivity index (χ0n) is 43.9. The second-order valence-electron chi connectivity index (χ2n) is 21.9. The molecule has 4 aliphatic rings. The lowest BCUT2D eigenvalue weighted by Gasteiger charge is -2.45. The van der Waals surface area contributed by atoms with Crippen LogP contribution in [0.5, 0.6) is 23.0 Å². The molecule has 4 aliphatic heterocycles. The van der Waals surface area contributed by atoms with Crippen LogP contribution in [0, 0.1) is 0 Å². The number of rotatable bonds is 9. The Labute approximate surface area is 436 Å². The molecule has 0 saturated carbocycles. The molecule has 0 atom stereocenters. The Balaban J connectivity index is 1.12. The van der Waals surface area contributed by atoms with E-state index in [1.807, 2.05) is 0 Å². The van der Waals surface area contributed by atoms with Crippen molar-refractivity contribution in [3.63, 3.8) is 0 Å². The molecule has 0 amide bonds. The molecular formula is C68H60B2N2O2. The van der Waals surface area contributed by atoms with Crippen LogP contribution in [-0.2, 0) is 25.7 Å². The van der Waals surface area contributed by atoms with E-state index in [0.717, 1.165) is 76.7 Å². The second kappa shape index (κ2) is 16.9. The van der Waals surface area contributed by atoms with Gasteiger partial charge >= 0.3 is 0 Å². The predicted molar refractivity (Wildman–Crippen MR) is 314 cm³/mol. The summed E-state index contributed by atoms with van der Waals surface area (Å²) in [6.07, 6.45) is 3.79. The summed E-state index contributed by atoms with van der Waals surface area (Å²) in [7, 11) is 0. The van der Waals surface area contributed by atoms with E-state index in [0.29, 0.717) is 11.8 Å². The van der Waals surface area contributed by atoms with Gasteiger partial charge in [0.15, 0.2) is 0 Å². The summed E-state index contributed by atoms with van der Waals surface area (Å²) in [5.41, 5.74) is 26.9. The van der Waals surface area contributed by atoms with Crippen molar-refractivity contribution in [1.82, 2.24) is 4.57 Å². The number of nitrogens with zero attached hydrogens (tertiary/aromatic N) is 2. The number of anilines is 3. The molecule has 1 aromatic heterocycles. The molecule has 0 spiro atoms. The van der Waals surface area contributed by atoms with Crippen molar-refractivity contribution in [2.75, 3.05) is 4.90 Å². The highest BCUT2D eigenvalue weighted by molar-refractivity contribution is 7.02. The highest BCUT2D eigenvalue weighted by Crippen LogP contribution is 2.52. The van der Waals surface area contributed by atoms with E-state index >= 15 is 0 Å². The quantitative estimate of drug-likeness (QED) is 0.135. The van der Waals surface area contributed by atoms with Crippen LogP contribution in [0.1, 0.15) is 101 Å². The maximum Gasteiger partial charge on any atom is 0.256 e. The fourth-order valence-electron chi connectivity index (χ4n) is 13.0. The Morgan fingerprint density at radius 2 is 0.905 bits per heavy atom. The first kappa shape index (κ1) is 45.0. The average molecular weight is 959 g/mol. The fraction of sp³-hybridized carbons (Fsp3) is 0.206. The van der Waals surface area contributed by atoms with E-state index in [2.05, 4.69) is 223 Å². The fourth-order valence-corrected chi connectivity index (χ4v) is 13.0. The summed E-state index contributed by atoms with van der Waals surface area (Å²) in [5, 5.41) is 2.58. The number of fused-ring (bicyclic) bond motifs is 13. The van der Waals surface area contributed by atoms with Gasteiger partial charge in [0, 0.05) is 38.6 Å². The third-order valence-corrected chi connectivity index (χ3v) is 17.1. The van der Waals surface area contributed by atoms with Crippen LogP contribution in [0.2, 0.25) is 0 Å². The second-order valence-corrected chi connectivity index (χ2v) is 21.9. The molecule has 10 aromatic rings. The molecule has 0 fully saturated rings. The van der Waals surface area contributed by atoms with Gasteiger partial charge in [-0.15, -0.1) is 0 Å². The average Bonchev–Trinajstić information content (AvgIpc) is 3.77. The number of ether oxygens (including phenoxy) is 2. The Hall–Kier alpha value is -7.69. The standard InChI is InChI=1S/C68H60B2N2O2/c1-9-41-13-27-51(28-14-41)71-59-30-16-43(11-3)35-54(59)69-55-37-49(47-21-17-45(18-22-47)39(5)6)25-31-60(55)74-68-62(69)65(71)67-63-66(68)72-58-29-15-42(10-2)33-52(58)53-34-44(12-4)36-57(64(53)72)70(63)56-38-50(26-32-61(56)73-67)48-23-19-46(20-24-48)40(7)8/h13-40H,9-12H2,1-8H3. The molecule has 0 unspecified atom stereocenters. The Bertz CT molecular complexity index is 3960. The molecule has 6 heteroatoms. The summed E-state index contributed by atoms with van der Waals surface area (Å²) in [6, 6.07) is 60.7. The summed E-state index contributed by atoms with van der Waals surface area (Å²) in [4.78, 5) is 2.52. The smallest absolute Gasteiger partial charge is 0.256 e. The molecule has 14 rings (SSSR count). The van der Waals surface area contributed by atoms with E-state index in [9.17, 15) is 0 Å². The molecule has 4 nitrogen and oxygen atoms in total. The Morgan fingerprint density at radius 3 is 1.49 bits per heavy atom. The third kappa shape index (κ3) is 6.55. The van der Waals surface area contributed by atoms with Crippen LogP contribution in [0.3, 0.4) is 0 Å². The van der Waals surface area contributed by atoms with Crippen molar-refractivity contribution in [3.8, 4) is 50.9 Å².